The summed E-state index contributed by atoms with van der Waals surface area (Å²) >= 11 is 3.24. The number of amides is 1. The molecule has 1 aliphatic heterocycles. The molecule has 5 heteroatoms. The van der Waals surface area contributed by atoms with Crippen LogP contribution < -0.4 is 11.1 Å². The van der Waals surface area contributed by atoms with E-state index in [1.54, 1.807) is 23.1 Å². The van der Waals surface area contributed by atoms with Crippen molar-refractivity contribution >= 4 is 34.7 Å². The minimum absolute atomic E-state index is 0.167. The van der Waals surface area contributed by atoms with Crippen molar-refractivity contribution in [2.45, 2.75) is 0 Å². The van der Waals surface area contributed by atoms with Crippen LogP contribution in [0.15, 0.2) is 16.8 Å². The van der Waals surface area contributed by atoms with Crippen LogP contribution in [-0.4, -0.2) is 17.5 Å². The number of thiophene rings is 1. The smallest absolute Gasteiger partial charge is 0.230 e. The summed E-state index contributed by atoms with van der Waals surface area (Å²) in [6.45, 7) is 0. The van der Waals surface area contributed by atoms with Gasteiger partial charge in [0.25, 0.3) is 0 Å². The Morgan fingerprint density at radius 3 is 2.58 bits per heavy atom. The Bertz CT molecular complexity index is 228. The number of nitrogen functional groups attached to an aromatic ring is 1. The van der Waals surface area contributed by atoms with Gasteiger partial charge in [-0.2, -0.15) is 11.3 Å². The van der Waals surface area contributed by atoms with Gasteiger partial charge in [0.1, 0.15) is 0 Å². The number of hydrogen-bond acceptors (Lipinski definition) is 4. The van der Waals surface area contributed by atoms with Crippen molar-refractivity contribution in [1.82, 2.24) is 5.32 Å². The predicted octanol–water partition coefficient (Wildman–Crippen LogP) is 1.14. The average molecular weight is 202 g/mol. The number of nitrogens with two attached hydrogens (primary N) is 1. The van der Waals surface area contributed by atoms with E-state index in [2.05, 4.69) is 5.32 Å². The summed E-state index contributed by atoms with van der Waals surface area (Å²) < 4.78 is 0. The molecule has 0 spiro atoms. The second-order valence-corrected chi connectivity index (χ2v) is 3.92. The Morgan fingerprint density at radius 1 is 1.58 bits per heavy atom. The highest BCUT2D eigenvalue weighted by molar-refractivity contribution is 8.00. The SMILES string of the molecule is Nc1ccsc1.O=C1CSCN1. The molecule has 2 heterocycles. The summed E-state index contributed by atoms with van der Waals surface area (Å²) in [5.41, 5.74) is 6.15. The van der Waals surface area contributed by atoms with E-state index in [0.29, 0.717) is 5.75 Å². The highest BCUT2D eigenvalue weighted by atomic mass is 32.2. The van der Waals surface area contributed by atoms with Crippen LogP contribution in [0.2, 0.25) is 0 Å². The first-order valence-electron chi connectivity index (χ1n) is 3.41. The number of hydrogen-bond donors (Lipinski definition) is 2. The van der Waals surface area contributed by atoms with Crippen molar-refractivity contribution in [3.63, 3.8) is 0 Å². The Morgan fingerprint density at radius 2 is 2.42 bits per heavy atom. The van der Waals surface area contributed by atoms with Crippen molar-refractivity contribution in [3.8, 4) is 0 Å². The Labute approximate surface area is 79.3 Å². The van der Waals surface area contributed by atoms with Crippen molar-refractivity contribution < 1.29 is 4.79 Å². The zero-order valence-corrected chi connectivity index (χ0v) is 8.08. The highest BCUT2D eigenvalue weighted by Crippen LogP contribution is 2.05. The quantitative estimate of drug-likeness (QED) is 0.663. The maximum absolute atomic E-state index is 10.1. The van der Waals surface area contributed by atoms with Crippen LogP contribution in [0, 0.1) is 0 Å². The molecule has 1 aromatic heterocycles. The molecule has 0 bridgehead atoms. The van der Waals surface area contributed by atoms with Gasteiger partial charge in [0, 0.05) is 11.1 Å². The van der Waals surface area contributed by atoms with Gasteiger partial charge in [-0.15, -0.1) is 11.8 Å². The van der Waals surface area contributed by atoms with Crippen LogP contribution in [0.5, 0.6) is 0 Å². The second kappa shape index (κ2) is 5.05. The fraction of sp³-hybridized carbons (Fsp3) is 0.286. The molecule has 0 radical (unpaired) electrons. The number of anilines is 1. The third kappa shape index (κ3) is 3.64. The van der Waals surface area contributed by atoms with E-state index in [1.165, 1.54) is 0 Å². The minimum atomic E-state index is 0.167. The molecule has 0 aliphatic carbocycles. The normalized spacial score (nSPS) is 14.8. The molecule has 1 fully saturated rings. The van der Waals surface area contributed by atoms with Gasteiger partial charge in [-0.1, -0.05) is 0 Å². The van der Waals surface area contributed by atoms with E-state index in [0.717, 1.165) is 11.6 Å². The lowest BCUT2D eigenvalue weighted by Gasteiger charge is -1.78. The summed E-state index contributed by atoms with van der Waals surface area (Å²) in [5, 5.41) is 6.50. The third-order valence-electron chi connectivity index (χ3n) is 1.15. The van der Waals surface area contributed by atoms with Crippen LogP contribution in [0.1, 0.15) is 0 Å². The molecule has 0 saturated carbocycles. The van der Waals surface area contributed by atoms with Gasteiger partial charge in [-0.05, 0) is 11.4 Å². The van der Waals surface area contributed by atoms with E-state index in [4.69, 9.17) is 5.73 Å². The molecular weight excluding hydrogens is 192 g/mol. The summed E-state index contributed by atoms with van der Waals surface area (Å²) in [4.78, 5) is 10.1. The number of thioether (sulfide) groups is 1. The summed E-state index contributed by atoms with van der Waals surface area (Å²) in [5.74, 6) is 1.62. The number of rotatable bonds is 0. The molecule has 0 aromatic carbocycles. The molecule has 0 atom stereocenters. The molecular formula is C7H10N2OS2. The maximum atomic E-state index is 10.1. The largest absolute Gasteiger partial charge is 0.398 e. The van der Waals surface area contributed by atoms with Crippen molar-refractivity contribution in [1.29, 1.82) is 0 Å². The zero-order chi connectivity index (χ0) is 8.81. The lowest BCUT2D eigenvalue weighted by Crippen LogP contribution is -2.14. The summed E-state index contributed by atoms with van der Waals surface area (Å²) in [6.07, 6.45) is 0. The lowest BCUT2D eigenvalue weighted by atomic mass is 10.6. The van der Waals surface area contributed by atoms with Crippen molar-refractivity contribution in [2.75, 3.05) is 17.4 Å². The lowest BCUT2D eigenvalue weighted by molar-refractivity contribution is -0.117. The van der Waals surface area contributed by atoms with E-state index in [-0.39, 0.29) is 5.91 Å². The Hall–Kier alpha value is -0.680. The van der Waals surface area contributed by atoms with Crippen LogP contribution in [-0.2, 0) is 4.79 Å². The summed E-state index contributed by atoms with van der Waals surface area (Å²) in [6, 6.07) is 1.88. The first-order chi connectivity index (χ1) is 5.79. The molecule has 3 N–H and O–H groups in total. The minimum Gasteiger partial charge on any atom is -0.398 e. The van der Waals surface area contributed by atoms with Gasteiger partial charge >= 0.3 is 0 Å². The molecule has 1 aromatic rings. The van der Waals surface area contributed by atoms with Gasteiger partial charge in [-0.25, -0.2) is 0 Å². The van der Waals surface area contributed by atoms with Crippen LogP contribution in [0.3, 0.4) is 0 Å². The first kappa shape index (κ1) is 9.41. The molecule has 1 amide bonds. The standard InChI is InChI=1S/C4H5NS.C3H5NOS/c5-4-1-2-6-3-4;5-3-1-6-2-4-3/h1-3H,5H2;1-2H2,(H,4,5). The van der Waals surface area contributed by atoms with Crippen LogP contribution in [0.25, 0.3) is 0 Å². The highest BCUT2D eigenvalue weighted by Gasteiger charge is 2.05. The molecule has 1 saturated heterocycles. The topological polar surface area (TPSA) is 55.1 Å². The van der Waals surface area contributed by atoms with Crippen molar-refractivity contribution in [3.05, 3.63) is 16.8 Å². The third-order valence-corrected chi connectivity index (χ3v) is 2.66. The first-order valence-corrected chi connectivity index (χ1v) is 5.51. The average Bonchev–Trinajstić information content (AvgIpc) is 2.63. The predicted molar refractivity (Wildman–Crippen MR) is 54.2 cm³/mol. The molecule has 2 rings (SSSR count). The van der Waals surface area contributed by atoms with Gasteiger partial charge < -0.3 is 11.1 Å². The fourth-order valence-electron chi connectivity index (χ4n) is 0.601. The summed E-state index contributed by atoms with van der Waals surface area (Å²) in [7, 11) is 0. The Kier molecular flexibility index (Phi) is 3.96. The van der Waals surface area contributed by atoms with Gasteiger partial charge in [0.2, 0.25) is 5.91 Å². The zero-order valence-electron chi connectivity index (χ0n) is 6.45. The van der Waals surface area contributed by atoms with Crippen LogP contribution >= 0.6 is 23.1 Å². The van der Waals surface area contributed by atoms with E-state index < -0.39 is 0 Å². The van der Waals surface area contributed by atoms with E-state index in [9.17, 15) is 4.79 Å². The van der Waals surface area contributed by atoms with Crippen LogP contribution in [0.4, 0.5) is 5.69 Å². The number of carbonyl (C=O) groups excluding carboxylic acids is 1. The number of nitrogens with one attached hydrogen (secondary N) is 1. The molecule has 3 nitrogen and oxygen atoms in total. The number of carbonyl (C=O) groups is 1. The van der Waals surface area contributed by atoms with Gasteiger partial charge in [-0.3, -0.25) is 4.79 Å². The monoisotopic (exact) mass is 202 g/mol. The molecule has 66 valence electrons. The molecule has 12 heavy (non-hydrogen) atoms. The van der Waals surface area contributed by atoms with Crippen molar-refractivity contribution in [2.24, 2.45) is 0 Å². The van der Waals surface area contributed by atoms with Gasteiger partial charge in [0.15, 0.2) is 0 Å². The fourth-order valence-corrected chi connectivity index (χ4v) is 1.80. The maximum Gasteiger partial charge on any atom is 0.230 e. The van der Waals surface area contributed by atoms with Gasteiger partial charge in [0.05, 0.1) is 11.6 Å². The molecule has 1 aliphatic rings. The molecule has 0 unspecified atom stereocenters. The van der Waals surface area contributed by atoms with E-state index in [1.807, 2.05) is 16.8 Å². The van der Waals surface area contributed by atoms with E-state index >= 15 is 0 Å². The second-order valence-electron chi connectivity index (χ2n) is 2.15. The Balaban J connectivity index is 0.000000120.